The number of halogens is 1. The predicted molar refractivity (Wildman–Crippen MR) is 166 cm³/mol. The van der Waals surface area contributed by atoms with E-state index in [4.69, 9.17) is 14.5 Å². The highest BCUT2D eigenvalue weighted by Crippen LogP contribution is 2.61. The van der Waals surface area contributed by atoms with Gasteiger partial charge in [-0.3, -0.25) is 9.48 Å². The van der Waals surface area contributed by atoms with Crippen LogP contribution in [0.5, 0.6) is 5.88 Å². The molecular weight excluding hydrogens is 573 g/mol. The molecule has 4 aromatic rings. The van der Waals surface area contributed by atoms with Crippen molar-refractivity contribution in [2.45, 2.75) is 78.8 Å². The van der Waals surface area contributed by atoms with Gasteiger partial charge in [0.1, 0.15) is 18.2 Å². The molecule has 0 amide bonds. The van der Waals surface area contributed by atoms with Gasteiger partial charge in [0.05, 0.1) is 36.9 Å². The second-order valence-corrected chi connectivity index (χ2v) is 13.2. The summed E-state index contributed by atoms with van der Waals surface area (Å²) in [5.41, 5.74) is 7.51. The van der Waals surface area contributed by atoms with Gasteiger partial charge in [-0.15, -0.1) is 0 Å². The van der Waals surface area contributed by atoms with E-state index >= 15 is 4.39 Å². The van der Waals surface area contributed by atoms with Gasteiger partial charge in [-0.2, -0.15) is 5.10 Å². The van der Waals surface area contributed by atoms with Crippen molar-refractivity contribution < 1.29 is 23.8 Å². The van der Waals surface area contributed by atoms with Crippen molar-refractivity contribution >= 4 is 11.8 Å². The maximum Gasteiger partial charge on any atom is 0.309 e. The summed E-state index contributed by atoms with van der Waals surface area (Å²) in [6.45, 7) is 11.5. The van der Waals surface area contributed by atoms with E-state index in [-0.39, 0.29) is 36.1 Å². The fourth-order valence-corrected chi connectivity index (χ4v) is 7.04. The van der Waals surface area contributed by atoms with Crippen molar-refractivity contribution in [3.8, 4) is 17.0 Å². The van der Waals surface area contributed by atoms with Crippen LogP contribution in [0.3, 0.4) is 0 Å². The highest BCUT2D eigenvalue weighted by atomic mass is 19.1. The van der Waals surface area contributed by atoms with Gasteiger partial charge in [0.15, 0.2) is 0 Å². The number of esters is 1. The molecule has 0 bridgehead atoms. The third kappa shape index (κ3) is 5.56. The zero-order valence-electron chi connectivity index (χ0n) is 26.3. The molecule has 234 valence electrons. The average Bonchev–Trinajstić information content (AvgIpc) is 3.19. The summed E-state index contributed by atoms with van der Waals surface area (Å²) in [5.74, 6) is 1.27. The number of anilines is 1. The van der Waals surface area contributed by atoms with Crippen molar-refractivity contribution in [2.75, 3.05) is 11.5 Å². The number of aromatic nitrogens is 4. The topological polar surface area (TPSA) is 103 Å². The molecule has 1 saturated carbocycles. The van der Waals surface area contributed by atoms with Gasteiger partial charge in [-0.1, -0.05) is 0 Å². The van der Waals surface area contributed by atoms with Crippen LogP contribution in [0.4, 0.5) is 10.2 Å². The molecule has 1 aromatic carbocycles. The first-order valence-electron chi connectivity index (χ1n) is 15.6. The van der Waals surface area contributed by atoms with Gasteiger partial charge >= 0.3 is 5.97 Å². The molecule has 1 N–H and O–H groups in total. The van der Waals surface area contributed by atoms with Gasteiger partial charge in [0, 0.05) is 53.3 Å². The average molecular weight is 612 g/mol. The second kappa shape index (κ2) is 10.9. The number of fused-ring (bicyclic) bond motifs is 4. The third-order valence-corrected chi connectivity index (χ3v) is 9.17. The number of carbonyl (C=O) groups is 1. The van der Waals surface area contributed by atoms with Crippen LogP contribution in [0.2, 0.25) is 0 Å². The predicted octanol–water partition coefficient (Wildman–Crippen LogP) is 5.41. The smallest absolute Gasteiger partial charge is 0.309 e. The molecule has 0 radical (unpaired) electrons. The van der Waals surface area contributed by atoms with Crippen molar-refractivity contribution in [1.82, 2.24) is 19.7 Å². The number of rotatable bonds is 9. The summed E-state index contributed by atoms with van der Waals surface area (Å²) in [6.07, 6.45) is 4.60. The Morgan fingerprint density at radius 3 is 2.69 bits per heavy atom. The molecule has 9 nitrogen and oxygen atoms in total. The molecule has 1 aliphatic heterocycles. The Morgan fingerprint density at radius 2 is 1.96 bits per heavy atom. The molecule has 0 saturated heterocycles. The number of aryl methyl sites for hydroxylation is 2. The highest BCUT2D eigenvalue weighted by Gasteiger charge is 2.60. The summed E-state index contributed by atoms with van der Waals surface area (Å²) in [7, 11) is 0. The Balaban J connectivity index is 1.03. The Hall–Kier alpha value is -4.31. The van der Waals surface area contributed by atoms with Crippen LogP contribution in [0.25, 0.3) is 11.1 Å². The van der Waals surface area contributed by atoms with Crippen molar-refractivity contribution in [1.29, 1.82) is 0 Å². The largest absolute Gasteiger partial charge is 0.473 e. The SMILES string of the molecule is CCOC(=O)[C@H]1[C@@H]2Cc3cc(OCc4cc(-c5ccc(N6Cc7cn(CC(C)(C)O)nc7C6)nc5C)c(C)cc4F)ncc3[C@@H]21. The van der Waals surface area contributed by atoms with Crippen LogP contribution in [0.1, 0.15) is 65.9 Å². The monoisotopic (exact) mass is 611 g/mol. The Kier molecular flexibility index (Phi) is 7.15. The molecule has 0 spiro atoms. The lowest BCUT2D eigenvalue weighted by Crippen LogP contribution is -2.27. The number of hydrogen-bond acceptors (Lipinski definition) is 8. The number of benzene rings is 1. The molecular formula is C35H38FN5O4. The maximum absolute atomic E-state index is 15.1. The lowest BCUT2D eigenvalue weighted by molar-refractivity contribution is -0.145. The Labute approximate surface area is 262 Å². The molecule has 7 rings (SSSR count). The summed E-state index contributed by atoms with van der Waals surface area (Å²) in [6, 6.07) is 9.36. The van der Waals surface area contributed by atoms with E-state index in [2.05, 4.69) is 15.0 Å². The summed E-state index contributed by atoms with van der Waals surface area (Å²) in [4.78, 5) is 23.8. The molecule has 3 aromatic heterocycles. The van der Waals surface area contributed by atoms with E-state index in [1.165, 1.54) is 0 Å². The fourth-order valence-electron chi connectivity index (χ4n) is 7.04. The Morgan fingerprint density at radius 1 is 1.13 bits per heavy atom. The van der Waals surface area contributed by atoms with Crippen molar-refractivity contribution in [3.05, 3.63) is 87.7 Å². The quantitative estimate of drug-likeness (QED) is 0.251. The maximum atomic E-state index is 15.1. The van der Waals surface area contributed by atoms with Crippen molar-refractivity contribution in [3.63, 3.8) is 0 Å². The molecule has 1 fully saturated rings. The molecule has 3 aliphatic rings. The number of aliphatic hydroxyl groups is 1. The zero-order chi connectivity index (χ0) is 31.6. The number of hydrogen-bond donors (Lipinski definition) is 1. The van der Waals surface area contributed by atoms with Crippen LogP contribution in [-0.2, 0) is 42.2 Å². The van der Waals surface area contributed by atoms with E-state index < -0.39 is 5.60 Å². The number of nitrogens with zero attached hydrogens (tertiary/aromatic N) is 5. The molecule has 2 aliphatic carbocycles. The van der Waals surface area contributed by atoms with Crippen LogP contribution in [0.15, 0.2) is 42.7 Å². The van der Waals surface area contributed by atoms with Crippen molar-refractivity contribution in [2.24, 2.45) is 11.8 Å². The lowest BCUT2D eigenvalue weighted by atomic mass is 9.97. The van der Waals surface area contributed by atoms with Crippen LogP contribution >= 0.6 is 0 Å². The van der Waals surface area contributed by atoms with E-state index in [0.29, 0.717) is 37.7 Å². The van der Waals surface area contributed by atoms with Gasteiger partial charge in [-0.25, -0.2) is 14.4 Å². The molecule has 45 heavy (non-hydrogen) atoms. The van der Waals surface area contributed by atoms with Crippen LogP contribution in [0, 0.1) is 31.5 Å². The van der Waals surface area contributed by atoms with Gasteiger partial charge < -0.3 is 19.5 Å². The minimum atomic E-state index is -0.824. The third-order valence-electron chi connectivity index (χ3n) is 9.17. The molecule has 4 heterocycles. The standard InChI is InChI=1S/C35H38FN5O4/c1-6-44-34(42)33-26-10-21-12-31(37-13-27(21)32(26)33)45-17-22-11-25(19(2)9-28(22)36)24-7-8-30(38-20(24)3)40-14-23-15-41(18-35(4,5)43)39-29(23)16-40/h7-9,11-13,15,26,32-33,43H,6,10,14,16-18H2,1-5H3/t26-,32-,33+/m1/s1. The first-order chi connectivity index (χ1) is 21.5. The van der Waals surface area contributed by atoms with E-state index in [1.54, 1.807) is 26.1 Å². The van der Waals surface area contributed by atoms with Crippen LogP contribution < -0.4 is 9.64 Å². The van der Waals surface area contributed by atoms with Gasteiger partial charge in [0.2, 0.25) is 5.88 Å². The first-order valence-corrected chi connectivity index (χ1v) is 15.6. The van der Waals surface area contributed by atoms with E-state index in [1.807, 2.05) is 55.9 Å². The molecule has 0 unspecified atom stereocenters. The summed E-state index contributed by atoms with van der Waals surface area (Å²) < 4.78 is 28.1. The minimum Gasteiger partial charge on any atom is -0.473 e. The van der Waals surface area contributed by atoms with E-state index in [9.17, 15) is 9.90 Å². The fraction of sp³-hybridized carbons (Fsp3) is 0.429. The zero-order valence-corrected chi connectivity index (χ0v) is 26.3. The van der Waals surface area contributed by atoms with Crippen LogP contribution in [-0.4, -0.2) is 43.0 Å². The first kappa shape index (κ1) is 29.4. The normalized spacial score (nSPS) is 19.7. The molecule has 10 heteroatoms. The number of ether oxygens (including phenoxy) is 2. The number of carbonyl (C=O) groups excluding carboxylic acids is 1. The summed E-state index contributed by atoms with van der Waals surface area (Å²) in [5, 5.41) is 14.8. The van der Waals surface area contributed by atoms with Gasteiger partial charge in [0.25, 0.3) is 0 Å². The Bertz CT molecular complexity index is 1790. The molecule has 3 atom stereocenters. The second-order valence-electron chi connectivity index (χ2n) is 13.2. The highest BCUT2D eigenvalue weighted by molar-refractivity contribution is 5.79. The lowest BCUT2D eigenvalue weighted by Gasteiger charge is -2.20. The number of pyridine rings is 2. The van der Waals surface area contributed by atoms with E-state index in [0.717, 1.165) is 57.0 Å². The van der Waals surface area contributed by atoms with Gasteiger partial charge in [-0.05, 0) is 93.5 Å². The minimum absolute atomic E-state index is 0.0449. The summed E-state index contributed by atoms with van der Waals surface area (Å²) >= 11 is 0.